The van der Waals surface area contributed by atoms with Gasteiger partial charge in [-0.1, -0.05) is 39.5 Å². The van der Waals surface area contributed by atoms with Crippen molar-refractivity contribution < 1.29 is 4.74 Å². The first-order valence-corrected chi connectivity index (χ1v) is 7.42. The van der Waals surface area contributed by atoms with E-state index < -0.39 is 0 Å². The summed E-state index contributed by atoms with van der Waals surface area (Å²) in [5.74, 6) is 0.921. The topological polar surface area (TPSA) is 21.3 Å². The zero-order valence-corrected chi connectivity index (χ0v) is 12.1. The van der Waals surface area contributed by atoms with Gasteiger partial charge in [0.25, 0.3) is 0 Å². The predicted molar refractivity (Wildman–Crippen MR) is 74.3 cm³/mol. The molecule has 0 aromatic heterocycles. The lowest BCUT2D eigenvalue weighted by atomic mass is 9.71. The lowest BCUT2D eigenvalue weighted by molar-refractivity contribution is 0.142. The molecule has 1 N–H and O–H groups in total. The van der Waals surface area contributed by atoms with Crippen LogP contribution in [0.4, 0.5) is 0 Å². The molecule has 0 saturated heterocycles. The van der Waals surface area contributed by atoms with E-state index in [1.807, 2.05) is 0 Å². The van der Waals surface area contributed by atoms with Gasteiger partial charge in [-0.3, -0.25) is 0 Å². The predicted octanol–water partition coefficient (Wildman–Crippen LogP) is 3.61. The summed E-state index contributed by atoms with van der Waals surface area (Å²) < 4.78 is 5.09. The van der Waals surface area contributed by atoms with E-state index >= 15 is 0 Å². The average Bonchev–Trinajstić information content (AvgIpc) is 2.63. The largest absolute Gasteiger partial charge is 0.383 e. The molecule has 102 valence electrons. The van der Waals surface area contributed by atoms with Gasteiger partial charge in [-0.05, 0) is 30.6 Å². The van der Waals surface area contributed by atoms with Gasteiger partial charge in [-0.25, -0.2) is 0 Å². The molecule has 0 aromatic carbocycles. The third-order valence-electron chi connectivity index (χ3n) is 4.66. The van der Waals surface area contributed by atoms with Crippen LogP contribution in [0.2, 0.25) is 0 Å². The summed E-state index contributed by atoms with van der Waals surface area (Å²) in [5, 5.41) is 3.57. The van der Waals surface area contributed by atoms with E-state index in [1.165, 1.54) is 44.9 Å². The van der Waals surface area contributed by atoms with Gasteiger partial charge in [-0.15, -0.1) is 0 Å². The summed E-state index contributed by atoms with van der Waals surface area (Å²) in [6, 6.07) is 0. The Hall–Kier alpha value is -0.0800. The average molecular weight is 241 g/mol. The molecular weight excluding hydrogens is 210 g/mol. The van der Waals surface area contributed by atoms with Crippen molar-refractivity contribution in [3.63, 3.8) is 0 Å². The molecule has 0 radical (unpaired) electrons. The summed E-state index contributed by atoms with van der Waals surface area (Å²) in [4.78, 5) is 0. The maximum Gasteiger partial charge on any atom is 0.0587 e. The first kappa shape index (κ1) is 15.0. The molecule has 0 aromatic rings. The Balaban J connectivity index is 2.41. The minimum atomic E-state index is 0.484. The van der Waals surface area contributed by atoms with Crippen LogP contribution in [0, 0.1) is 11.3 Å². The van der Waals surface area contributed by atoms with Crippen LogP contribution in [0.3, 0.4) is 0 Å². The van der Waals surface area contributed by atoms with E-state index in [0.717, 1.165) is 25.6 Å². The number of nitrogens with one attached hydrogen (secondary N) is 1. The Morgan fingerprint density at radius 3 is 2.35 bits per heavy atom. The Kier molecular flexibility index (Phi) is 7.14. The second-order valence-corrected chi connectivity index (χ2v) is 5.87. The zero-order valence-electron chi connectivity index (χ0n) is 12.1. The van der Waals surface area contributed by atoms with Crippen LogP contribution in [-0.4, -0.2) is 26.8 Å². The van der Waals surface area contributed by atoms with Crippen molar-refractivity contribution >= 4 is 0 Å². The lowest BCUT2D eigenvalue weighted by Gasteiger charge is -2.37. The molecule has 2 nitrogen and oxygen atoms in total. The van der Waals surface area contributed by atoms with Crippen molar-refractivity contribution in [1.29, 1.82) is 0 Å². The molecule has 2 heteroatoms. The SMILES string of the molecule is CCC(C)(CNCCOC)C1CCCCCC1. The Bertz CT molecular complexity index is 187. The number of rotatable bonds is 7. The fourth-order valence-corrected chi connectivity index (χ4v) is 3.08. The van der Waals surface area contributed by atoms with Crippen LogP contribution in [0.15, 0.2) is 0 Å². The smallest absolute Gasteiger partial charge is 0.0587 e. The van der Waals surface area contributed by atoms with Crippen LogP contribution in [0.25, 0.3) is 0 Å². The van der Waals surface area contributed by atoms with Crippen molar-refractivity contribution in [3.05, 3.63) is 0 Å². The molecule has 1 fully saturated rings. The minimum Gasteiger partial charge on any atom is -0.383 e. The second kappa shape index (κ2) is 8.10. The number of methoxy groups -OCH3 is 1. The van der Waals surface area contributed by atoms with Crippen LogP contribution < -0.4 is 5.32 Å². The molecule has 0 heterocycles. The highest BCUT2D eigenvalue weighted by Crippen LogP contribution is 2.39. The molecule has 17 heavy (non-hydrogen) atoms. The molecule has 0 spiro atoms. The fraction of sp³-hybridized carbons (Fsp3) is 1.00. The number of hydrogen-bond acceptors (Lipinski definition) is 2. The summed E-state index contributed by atoms with van der Waals surface area (Å²) in [5.41, 5.74) is 0.484. The highest BCUT2D eigenvalue weighted by molar-refractivity contribution is 4.84. The quantitative estimate of drug-likeness (QED) is 0.543. The monoisotopic (exact) mass is 241 g/mol. The third-order valence-corrected chi connectivity index (χ3v) is 4.66. The van der Waals surface area contributed by atoms with Crippen molar-refractivity contribution in [2.24, 2.45) is 11.3 Å². The molecule has 1 aliphatic rings. The maximum atomic E-state index is 5.09. The molecule has 1 rings (SSSR count). The number of ether oxygens (including phenoxy) is 1. The molecular formula is C15H31NO. The van der Waals surface area contributed by atoms with Gasteiger partial charge < -0.3 is 10.1 Å². The maximum absolute atomic E-state index is 5.09. The van der Waals surface area contributed by atoms with Gasteiger partial charge in [0, 0.05) is 20.2 Å². The summed E-state index contributed by atoms with van der Waals surface area (Å²) in [7, 11) is 1.77. The van der Waals surface area contributed by atoms with Gasteiger partial charge in [0.05, 0.1) is 6.61 Å². The molecule has 0 bridgehead atoms. The van der Waals surface area contributed by atoms with Crippen molar-refractivity contribution in [1.82, 2.24) is 5.32 Å². The summed E-state index contributed by atoms with van der Waals surface area (Å²) in [6.45, 7) is 7.78. The van der Waals surface area contributed by atoms with E-state index in [1.54, 1.807) is 7.11 Å². The molecule has 1 unspecified atom stereocenters. The lowest BCUT2D eigenvalue weighted by Crippen LogP contribution is -2.38. The highest BCUT2D eigenvalue weighted by Gasteiger charge is 2.32. The van der Waals surface area contributed by atoms with Gasteiger partial charge in [0.1, 0.15) is 0 Å². The standard InChI is InChI=1S/C15H31NO/c1-4-15(2,13-16-11-12-17-3)14-9-7-5-6-8-10-14/h14,16H,4-13H2,1-3H3. The van der Waals surface area contributed by atoms with Gasteiger partial charge >= 0.3 is 0 Å². The molecule has 1 atom stereocenters. The fourth-order valence-electron chi connectivity index (χ4n) is 3.08. The van der Waals surface area contributed by atoms with Crippen LogP contribution in [-0.2, 0) is 4.74 Å². The van der Waals surface area contributed by atoms with Gasteiger partial charge in [0.2, 0.25) is 0 Å². The Labute approximate surface area is 108 Å². The minimum absolute atomic E-state index is 0.484. The first-order valence-electron chi connectivity index (χ1n) is 7.42. The highest BCUT2D eigenvalue weighted by atomic mass is 16.5. The number of hydrogen-bond donors (Lipinski definition) is 1. The Morgan fingerprint density at radius 1 is 1.18 bits per heavy atom. The van der Waals surface area contributed by atoms with Crippen LogP contribution in [0.1, 0.15) is 58.8 Å². The summed E-state index contributed by atoms with van der Waals surface area (Å²) >= 11 is 0. The third kappa shape index (κ3) is 4.97. The van der Waals surface area contributed by atoms with E-state index in [9.17, 15) is 0 Å². The van der Waals surface area contributed by atoms with Crippen molar-refractivity contribution in [2.45, 2.75) is 58.8 Å². The molecule has 1 saturated carbocycles. The second-order valence-electron chi connectivity index (χ2n) is 5.87. The Morgan fingerprint density at radius 2 is 1.82 bits per heavy atom. The molecule has 1 aliphatic carbocycles. The molecule has 0 amide bonds. The van der Waals surface area contributed by atoms with Crippen molar-refractivity contribution in [3.8, 4) is 0 Å². The van der Waals surface area contributed by atoms with E-state index in [-0.39, 0.29) is 0 Å². The van der Waals surface area contributed by atoms with E-state index in [2.05, 4.69) is 19.2 Å². The molecule has 0 aliphatic heterocycles. The zero-order chi connectivity index (χ0) is 12.6. The van der Waals surface area contributed by atoms with Crippen molar-refractivity contribution in [2.75, 3.05) is 26.8 Å². The van der Waals surface area contributed by atoms with Gasteiger partial charge in [0.15, 0.2) is 0 Å². The van der Waals surface area contributed by atoms with E-state index in [0.29, 0.717) is 5.41 Å². The normalized spacial score (nSPS) is 22.1. The van der Waals surface area contributed by atoms with Gasteiger partial charge in [-0.2, -0.15) is 0 Å². The van der Waals surface area contributed by atoms with E-state index in [4.69, 9.17) is 4.74 Å². The van der Waals surface area contributed by atoms with Crippen LogP contribution >= 0.6 is 0 Å². The van der Waals surface area contributed by atoms with Crippen LogP contribution in [0.5, 0.6) is 0 Å². The first-order chi connectivity index (χ1) is 8.23. The summed E-state index contributed by atoms with van der Waals surface area (Å²) in [6.07, 6.45) is 9.96.